The molecule has 16 heavy (non-hydrogen) atoms. The van der Waals surface area contributed by atoms with Gasteiger partial charge in [0.05, 0.1) is 6.54 Å². The van der Waals surface area contributed by atoms with E-state index >= 15 is 0 Å². The van der Waals surface area contributed by atoms with Crippen molar-refractivity contribution in [3.8, 4) is 0 Å². The second-order valence-corrected chi connectivity index (χ2v) is 3.68. The van der Waals surface area contributed by atoms with Crippen LogP contribution in [0.15, 0.2) is 36.0 Å². The molecule has 4 heteroatoms. The Balaban J connectivity index is 2.00. The van der Waals surface area contributed by atoms with Gasteiger partial charge in [0.15, 0.2) is 0 Å². The van der Waals surface area contributed by atoms with Gasteiger partial charge in [0.25, 0.3) is 0 Å². The summed E-state index contributed by atoms with van der Waals surface area (Å²) in [6.45, 7) is 0.716. The van der Waals surface area contributed by atoms with Gasteiger partial charge in [0.1, 0.15) is 0 Å². The Labute approximate surface area is 94.0 Å². The van der Waals surface area contributed by atoms with Gasteiger partial charge in [0, 0.05) is 24.1 Å². The maximum atomic E-state index is 10.9. The van der Waals surface area contributed by atoms with E-state index in [1.54, 1.807) is 6.08 Å². The van der Waals surface area contributed by atoms with Crippen molar-refractivity contribution >= 4 is 11.6 Å². The zero-order valence-corrected chi connectivity index (χ0v) is 8.86. The van der Waals surface area contributed by atoms with Gasteiger partial charge < -0.3 is 15.7 Å². The molecule has 4 nitrogen and oxygen atoms in total. The molecule has 0 spiro atoms. The number of anilines is 1. The van der Waals surface area contributed by atoms with E-state index in [0.717, 1.165) is 16.9 Å². The molecule has 84 valence electrons. The van der Waals surface area contributed by atoms with Crippen LogP contribution in [0.3, 0.4) is 0 Å². The van der Waals surface area contributed by atoms with Crippen LogP contribution in [0.5, 0.6) is 0 Å². The molecule has 0 aromatic heterocycles. The highest BCUT2D eigenvalue weighted by Crippen LogP contribution is 2.13. The standard InChI is InChI=1S/C12H14N2O2/c15-6-5-9-1-3-10(4-2-9)14-11-7-12(16)13-8-11/h1-4,7,14-15H,5-6,8H2,(H,13,16). The highest BCUT2D eigenvalue weighted by atomic mass is 16.2. The van der Waals surface area contributed by atoms with Crippen molar-refractivity contribution in [1.29, 1.82) is 0 Å². The van der Waals surface area contributed by atoms with Crippen LogP contribution in [-0.4, -0.2) is 24.2 Å². The Morgan fingerprint density at radius 1 is 1.31 bits per heavy atom. The average molecular weight is 218 g/mol. The van der Waals surface area contributed by atoms with Crippen molar-refractivity contribution in [1.82, 2.24) is 5.32 Å². The molecule has 1 aliphatic heterocycles. The summed E-state index contributed by atoms with van der Waals surface area (Å²) in [5.74, 6) is -0.0561. The SMILES string of the molecule is O=C1C=C(Nc2ccc(CCO)cc2)CN1. The van der Waals surface area contributed by atoms with Crippen LogP contribution in [0.1, 0.15) is 5.56 Å². The van der Waals surface area contributed by atoms with E-state index in [-0.39, 0.29) is 12.5 Å². The minimum atomic E-state index is -0.0561. The molecule has 0 unspecified atom stereocenters. The van der Waals surface area contributed by atoms with Crippen molar-refractivity contribution in [2.24, 2.45) is 0 Å². The number of carbonyl (C=O) groups excluding carboxylic acids is 1. The minimum absolute atomic E-state index is 0.0561. The van der Waals surface area contributed by atoms with Gasteiger partial charge in [-0.2, -0.15) is 0 Å². The van der Waals surface area contributed by atoms with Crippen LogP contribution in [0, 0.1) is 0 Å². The fourth-order valence-electron chi connectivity index (χ4n) is 1.59. The molecule has 1 heterocycles. The number of rotatable bonds is 4. The van der Waals surface area contributed by atoms with Crippen LogP contribution < -0.4 is 10.6 Å². The molecule has 0 radical (unpaired) electrons. The van der Waals surface area contributed by atoms with Crippen LogP contribution >= 0.6 is 0 Å². The summed E-state index contributed by atoms with van der Waals surface area (Å²) in [6.07, 6.45) is 2.23. The molecular formula is C12H14N2O2. The number of amides is 1. The molecule has 3 N–H and O–H groups in total. The van der Waals surface area contributed by atoms with Gasteiger partial charge in [-0.3, -0.25) is 4.79 Å². The highest BCUT2D eigenvalue weighted by molar-refractivity contribution is 5.91. The summed E-state index contributed by atoms with van der Waals surface area (Å²) in [4.78, 5) is 10.9. The Kier molecular flexibility index (Phi) is 3.22. The Morgan fingerprint density at radius 3 is 2.62 bits per heavy atom. The third-order valence-electron chi connectivity index (χ3n) is 2.42. The lowest BCUT2D eigenvalue weighted by Gasteiger charge is -2.07. The van der Waals surface area contributed by atoms with Crippen molar-refractivity contribution in [2.75, 3.05) is 18.5 Å². The van der Waals surface area contributed by atoms with E-state index in [4.69, 9.17) is 5.11 Å². The second kappa shape index (κ2) is 4.81. The Morgan fingerprint density at radius 2 is 2.06 bits per heavy atom. The number of benzene rings is 1. The molecule has 0 atom stereocenters. The van der Waals surface area contributed by atoms with Gasteiger partial charge in [0.2, 0.25) is 5.91 Å². The molecule has 0 bridgehead atoms. The summed E-state index contributed by atoms with van der Waals surface area (Å²) in [7, 11) is 0. The third-order valence-corrected chi connectivity index (χ3v) is 2.42. The summed E-state index contributed by atoms with van der Waals surface area (Å²) in [5, 5.41) is 14.6. The zero-order valence-electron chi connectivity index (χ0n) is 8.86. The van der Waals surface area contributed by atoms with Crippen molar-refractivity contribution in [3.05, 3.63) is 41.6 Å². The summed E-state index contributed by atoms with van der Waals surface area (Å²) >= 11 is 0. The normalized spacial score (nSPS) is 14.6. The predicted molar refractivity (Wildman–Crippen MR) is 61.9 cm³/mol. The predicted octanol–water partition coefficient (Wildman–Crippen LogP) is 0.647. The molecule has 0 saturated carbocycles. The van der Waals surface area contributed by atoms with Gasteiger partial charge in [-0.05, 0) is 24.1 Å². The van der Waals surface area contributed by atoms with Gasteiger partial charge in [-0.25, -0.2) is 0 Å². The second-order valence-electron chi connectivity index (χ2n) is 3.68. The third kappa shape index (κ3) is 2.61. The molecule has 1 aliphatic rings. The molecule has 0 aliphatic carbocycles. The molecule has 1 amide bonds. The number of nitrogens with one attached hydrogen (secondary N) is 2. The van der Waals surface area contributed by atoms with Gasteiger partial charge in [-0.15, -0.1) is 0 Å². The highest BCUT2D eigenvalue weighted by Gasteiger charge is 2.09. The molecule has 2 rings (SSSR count). The first kappa shape index (κ1) is 10.7. The first-order valence-electron chi connectivity index (χ1n) is 5.23. The van der Waals surface area contributed by atoms with Gasteiger partial charge in [-0.1, -0.05) is 12.1 Å². The summed E-state index contributed by atoms with van der Waals surface area (Å²) in [6, 6.07) is 7.80. The molecule has 0 fully saturated rings. The lowest BCUT2D eigenvalue weighted by Crippen LogP contribution is -2.16. The average Bonchev–Trinajstić information content (AvgIpc) is 2.67. The van der Waals surface area contributed by atoms with E-state index in [2.05, 4.69) is 10.6 Å². The maximum absolute atomic E-state index is 10.9. The van der Waals surface area contributed by atoms with Gasteiger partial charge >= 0.3 is 0 Å². The van der Waals surface area contributed by atoms with E-state index in [1.807, 2.05) is 24.3 Å². The van der Waals surface area contributed by atoms with Crippen LogP contribution in [0.2, 0.25) is 0 Å². The quantitative estimate of drug-likeness (QED) is 0.695. The fourth-order valence-corrected chi connectivity index (χ4v) is 1.59. The Hall–Kier alpha value is -1.81. The van der Waals surface area contributed by atoms with Crippen molar-refractivity contribution in [3.63, 3.8) is 0 Å². The molecule has 1 aromatic rings. The van der Waals surface area contributed by atoms with E-state index in [9.17, 15) is 4.79 Å². The topological polar surface area (TPSA) is 61.4 Å². The largest absolute Gasteiger partial charge is 0.396 e. The van der Waals surface area contributed by atoms with E-state index in [0.29, 0.717) is 13.0 Å². The summed E-state index contributed by atoms with van der Waals surface area (Å²) in [5.41, 5.74) is 2.92. The molecule has 1 aromatic carbocycles. The van der Waals surface area contributed by atoms with Crippen LogP contribution in [0.4, 0.5) is 5.69 Å². The number of hydrogen-bond donors (Lipinski definition) is 3. The molecular weight excluding hydrogens is 204 g/mol. The number of aliphatic hydroxyl groups is 1. The van der Waals surface area contributed by atoms with Crippen LogP contribution in [0.25, 0.3) is 0 Å². The van der Waals surface area contributed by atoms with E-state index in [1.165, 1.54) is 0 Å². The number of hydrogen-bond acceptors (Lipinski definition) is 3. The lowest BCUT2D eigenvalue weighted by molar-refractivity contribution is -0.115. The first-order valence-corrected chi connectivity index (χ1v) is 5.23. The van der Waals surface area contributed by atoms with Crippen LogP contribution in [-0.2, 0) is 11.2 Å². The monoisotopic (exact) mass is 218 g/mol. The number of carbonyl (C=O) groups is 1. The smallest absolute Gasteiger partial charge is 0.246 e. The number of aliphatic hydroxyl groups excluding tert-OH is 1. The maximum Gasteiger partial charge on any atom is 0.246 e. The van der Waals surface area contributed by atoms with Crippen molar-refractivity contribution < 1.29 is 9.90 Å². The van der Waals surface area contributed by atoms with Crippen molar-refractivity contribution in [2.45, 2.75) is 6.42 Å². The lowest BCUT2D eigenvalue weighted by atomic mass is 10.1. The molecule has 0 saturated heterocycles. The Bertz CT molecular complexity index is 410. The minimum Gasteiger partial charge on any atom is -0.396 e. The fraction of sp³-hybridized carbons (Fsp3) is 0.250. The summed E-state index contributed by atoms with van der Waals surface area (Å²) < 4.78 is 0. The zero-order chi connectivity index (χ0) is 11.4. The van der Waals surface area contributed by atoms with E-state index < -0.39 is 0 Å². The first-order chi connectivity index (χ1) is 7.78.